The van der Waals surface area contributed by atoms with Crippen LogP contribution in [0.25, 0.3) is 0 Å². The maximum absolute atomic E-state index is 9.06. The fourth-order valence-corrected chi connectivity index (χ4v) is 3.34. The van der Waals surface area contributed by atoms with Crippen LogP contribution in [0.3, 0.4) is 0 Å². The summed E-state index contributed by atoms with van der Waals surface area (Å²) in [5.74, 6) is 1.95. The molecule has 0 saturated carbocycles. The first kappa shape index (κ1) is 19.3. The molecule has 0 radical (unpaired) electrons. The van der Waals surface area contributed by atoms with Crippen LogP contribution in [0.15, 0.2) is 12.3 Å². The first-order chi connectivity index (χ1) is 12.0. The van der Waals surface area contributed by atoms with Crippen molar-refractivity contribution in [2.45, 2.75) is 38.7 Å². The molecule has 0 aliphatic heterocycles. The quantitative estimate of drug-likeness (QED) is 0.547. The predicted molar refractivity (Wildman–Crippen MR) is 101 cm³/mol. The lowest BCUT2D eigenvalue weighted by Crippen LogP contribution is -2.19. The molecule has 0 spiro atoms. The van der Waals surface area contributed by atoms with Crippen molar-refractivity contribution in [3.63, 3.8) is 0 Å². The molecule has 0 amide bonds. The van der Waals surface area contributed by atoms with Crippen molar-refractivity contribution in [1.82, 2.24) is 19.7 Å². The highest BCUT2D eigenvalue weighted by Crippen LogP contribution is 2.27. The summed E-state index contributed by atoms with van der Waals surface area (Å²) in [6.45, 7) is 4.56. The van der Waals surface area contributed by atoms with E-state index in [1.54, 1.807) is 22.6 Å². The molecule has 8 nitrogen and oxygen atoms in total. The summed E-state index contributed by atoms with van der Waals surface area (Å²) in [5.41, 5.74) is 7.63. The summed E-state index contributed by atoms with van der Waals surface area (Å²) in [4.78, 5) is 8.30. The number of rotatable bonds is 10. The first-order valence-electron chi connectivity index (χ1n) is 8.27. The Hall–Kier alpha value is -2.00. The number of nitrogen functional groups attached to an aromatic ring is 1. The standard InChI is InChI=1S/C16H26N6O2S/c1-4-5-14(25-7-6-23)19-15-13(9-18-16(17)20-15)24-10-12-8-11(2)21-22(12)3/h8-9,14,23H,4-7,10H2,1-3H3,(H3,17,18,19,20)/t14-/m0/s1. The summed E-state index contributed by atoms with van der Waals surface area (Å²) >= 11 is 1.64. The number of hydrogen-bond donors (Lipinski definition) is 3. The molecule has 25 heavy (non-hydrogen) atoms. The number of nitrogens with two attached hydrogens (primary N) is 1. The Bertz CT molecular complexity index is 679. The zero-order chi connectivity index (χ0) is 18.2. The summed E-state index contributed by atoms with van der Waals surface area (Å²) in [5, 5.41) is 16.8. The number of hydrogen-bond acceptors (Lipinski definition) is 8. The van der Waals surface area contributed by atoms with Gasteiger partial charge in [0.1, 0.15) is 6.61 Å². The minimum atomic E-state index is 0.118. The number of aromatic nitrogens is 4. The third kappa shape index (κ3) is 5.79. The molecule has 0 aromatic carbocycles. The van der Waals surface area contributed by atoms with Crippen molar-refractivity contribution in [2.75, 3.05) is 23.4 Å². The van der Waals surface area contributed by atoms with E-state index in [4.69, 9.17) is 15.6 Å². The van der Waals surface area contributed by atoms with Crippen LogP contribution in [0.4, 0.5) is 11.8 Å². The number of anilines is 2. The van der Waals surface area contributed by atoms with Gasteiger partial charge in [-0.2, -0.15) is 10.1 Å². The van der Waals surface area contributed by atoms with Crippen molar-refractivity contribution in [2.24, 2.45) is 7.05 Å². The van der Waals surface area contributed by atoms with Gasteiger partial charge in [-0.3, -0.25) is 4.68 Å². The molecule has 2 rings (SSSR count). The van der Waals surface area contributed by atoms with E-state index in [0.29, 0.717) is 23.9 Å². The maximum atomic E-state index is 9.06. The van der Waals surface area contributed by atoms with Crippen molar-refractivity contribution >= 4 is 23.5 Å². The maximum Gasteiger partial charge on any atom is 0.222 e. The molecular formula is C16H26N6O2S. The van der Waals surface area contributed by atoms with Gasteiger partial charge in [-0.25, -0.2) is 4.98 Å². The van der Waals surface area contributed by atoms with Gasteiger partial charge in [0.2, 0.25) is 5.95 Å². The van der Waals surface area contributed by atoms with Gasteiger partial charge in [-0.1, -0.05) is 13.3 Å². The average molecular weight is 366 g/mol. The Morgan fingerprint density at radius 2 is 2.28 bits per heavy atom. The van der Waals surface area contributed by atoms with E-state index in [2.05, 4.69) is 27.3 Å². The Kier molecular flexibility index (Phi) is 7.32. The van der Waals surface area contributed by atoms with Gasteiger partial charge in [0.05, 0.1) is 29.6 Å². The van der Waals surface area contributed by atoms with Gasteiger partial charge in [0.15, 0.2) is 11.6 Å². The van der Waals surface area contributed by atoms with Crippen LogP contribution in [-0.2, 0) is 13.7 Å². The average Bonchev–Trinajstić information content (AvgIpc) is 2.89. The second-order valence-corrected chi connectivity index (χ2v) is 6.96. The number of nitrogens with zero attached hydrogens (tertiary/aromatic N) is 4. The third-order valence-corrected chi connectivity index (χ3v) is 4.68. The Labute approximate surface area is 152 Å². The third-order valence-electron chi connectivity index (χ3n) is 3.51. The minimum absolute atomic E-state index is 0.118. The Morgan fingerprint density at radius 1 is 1.48 bits per heavy atom. The first-order valence-corrected chi connectivity index (χ1v) is 9.32. The van der Waals surface area contributed by atoms with Gasteiger partial charge in [-0.05, 0) is 19.4 Å². The van der Waals surface area contributed by atoms with Gasteiger partial charge < -0.3 is 20.9 Å². The second kappa shape index (κ2) is 9.47. The SMILES string of the molecule is CCC[C@@H](Nc1nc(N)ncc1OCc1cc(C)nn1C)SCCO. The molecular weight excluding hydrogens is 340 g/mol. The molecule has 1 atom stereocenters. The number of aliphatic hydroxyl groups excluding tert-OH is 1. The van der Waals surface area contributed by atoms with Crippen LogP contribution in [0.2, 0.25) is 0 Å². The van der Waals surface area contributed by atoms with E-state index >= 15 is 0 Å². The fraction of sp³-hybridized carbons (Fsp3) is 0.562. The number of nitrogens with one attached hydrogen (secondary N) is 1. The van der Waals surface area contributed by atoms with Crippen LogP contribution < -0.4 is 15.8 Å². The smallest absolute Gasteiger partial charge is 0.222 e. The lowest BCUT2D eigenvalue weighted by atomic mass is 10.3. The van der Waals surface area contributed by atoms with Gasteiger partial charge in [-0.15, -0.1) is 11.8 Å². The van der Waals surface area contributed by atoms with Crippen molar-refractivity contribution < 1.29 is 9.84 Å². The molecule has 4 N–H and O–H groups in total. The highest BCUT2D eigenvalue weighted by atomic mass is 32.2. The van der Waals surface area contributed by atoms with E-state index in [0.717, 1.165) is 24.2 Å². The van der Waals surface area contributed by atoms with Crippen LogP contribution in [0.1, 0.15) is 31.2 Å². The molecule has 0 fully saturated rings. The molecule has 2 aromatic rings. The van der Waals surface area contributed by atoms with Crippen LogP contribution >= 0.6 is 11.8 Å². The van der Waals surface area contributed by atoms with E-state index in [9.17, 15) is 0 Å². The second-order valence-electron chi connectivity index (χ2n) is 5.65. The number of ether oxygens (including phenoxy) is 1. The normalized spacial score (nSPS) is 12.2. The van der Waals surface area contributed by atoms with Crippen molar-refractivity contribution in [1.29, 1.82) is 0 Å². The van der Waals surface area contributed by atoms with E-state index in [1.165, 1.54) is 0 Å². The van der Waals surface area contributed by atoms with Crippen LogP contribution in [0, 0.1) is 6.92 Å². The minimum Gasteiger partial charge on any atom is -0.482 e. The van der Waals surface area contributed by atoms with E-state index < -0.39 is 0 Å². The lowest BCUT2D eigenvalue weighted by molar-refractivity contribution is 0.294. The van der Waals surface area contributed by atoms with Crippen LogP contribution in [0.5, 0.6) is 5.75 Å². The zero-order valence-electron chi connectivity index (χ0n) is 14.9. The van der Waals surface area contributed by atoms with Gasteiger partial charge in [0.25, 0.3) is 0 Å². The zero-order valence-corrected chi connectivity index (χ0v) is 15.7. The van der Waals surface area contributed by atoms with Crippen molar-refractivity contribution in [3.05, 3.63) is 23.7 Å². The number of aryl methyl sites for hydroxylation is 2. The highest BCUT2D eigenvalue weighted by molar-refractivity contribution is 8.00. The summed E-state index contributed by atoms with van der Waals surface area (Å²) in [6.07, 6.45) is 3.53. The molecule has 0 saturated heterocycles. The molecule has 0 unspecified atom stereocenters. The molecule has 2 heterocycles. The molecule has 0 bridgehead atoms. The predicted octanol–water partition coefficient (Wildman–Crippen LogP) is 1.94. The van der Waals surface area contributed by atoms with E-state index in [1.807, 2.05) is 20.0 Å². The number of thioether (sulfide) groups is 1. The lowest BCUT2D eigenvalue weighted by Gasteiger charge is -2.20. The van der Waals surface area contributed by atoms with E-state index in [-0.39, 0.29) is 17.9 Å². The molecule has 9 heteroatoms. The van der Waals surface area contributed by atoms with Gasteiger partial charge in [0, 0.05) is 12.8 Å². The van der Waals surface area contributed by atoms with Crippen LogP contribution in [-0.4, -0.2) is 42.6 Å². The summed E-state index contributed by atoms with van der Waals surface area (Å²) < 4.78 is 7.68. The molecule has 0 aliphatic rings. The summed E-state index contributed by atoms with van der Waals surface area (Å²) in [7, 11) is 1.88. The monoisotopic (exact) mass is 366 g/mol. The molecule has 138 valence electrons. The highest BCUT2D eigenvalue weighted by Gasteiger charge is 2.14. The largest absolute Gasteiger partial charge is 0.482 e. The van der Waals surface area contributed by atoms with Gasteiger partial charge >= 0.3 is 0 Å². The number of aliphatic hydroxyl groups is 1. The topological polar surface area (TPSA) is 111 Å². The fourth-order valence-electron chi connectivity index (χ4n) is 2.35. The Morgan fingerprint density at radius 3 is 2.92 bits per heavy atom. The van der Waals surface area contributed by atoms with Crippen molar-refractivity contribution in [3.8, 4) is 5.75 Å². The molecule has 2 aromatic heterocycles. The summed E-state index contributed by atoms with van der Waals surface area (Å²) in [6, 6.07) is 1.97. The Balaban J connectivity index is 2.11. The molecule has 0 aliphatic carbocycles.